The number of carboxylic acids is 1. The fourth-order valence-corrected chi connectivity index (χ4v) is 2.37. The molecular weight excluding hydrogens is 258 g/mol. The monoisotopic (exact) mass is 271 g/mol. The van der Waals surface area contributed by atoms with Crippen molar-refractivity contribution in [1.82, 2.24) is 4.98 Å². The van der Waals surface area contributed by atoms with Gasteiger partial charge in [0.05, 0.1) is 0 Å². The maximum Gasteiger partial charge on any atom is 0.335 e. The van der Waals surface area contributed by atoms with Crippen molar-refractivity contribution in [3.8, 4) is 0 Å². The SMILES string of the molecule is O=C(O)C(O)C(O)c1ccc2c(c1)[nH]c1ccccc12. The Kier molecular flexibility index (Phi) is 2.93. The van der Waals surface area contributed by atoms with E-state index in [-0.39, 0.29) is 0 Å². The van der Waals surface area contributed by atoms with Crippen LogP contribution in [0, 0.1) is 0 Å². The quantitative estimate of drug-likeness (QED) is 0.584. The van der Waals surface area contributed by atoms with Crippen LogP contribution < -0.4 is 0 Å². The molecule has 0 bridgehead atoms. The molecule has 20 heavy (non-hydrogen) atoms. The summed E-state index contributed by atoms with van der Waals surface area (Å²) in [5, 5.41) is 30.0. The van der Waals surface area contributed by atoms with Crippen molar-refractivity contribution in [2.24, 2.45) is 0 Å². The molecule has 0 fully saturated rings. The minimum atomic E-state index is -1.84. The number of aliphatic carboxylic acids is 1. The summed E-state index contributed by atoms with van der Waals surface area (Å²) in [5.41, 5.74) is 2.12. The van der Waals surface area contributed by atoms with E-state index < -0.39 is 18.2 Å². The predicted molar refractivity (Wildman–Crippen MR) is 74.4 cm³/mol. The third kappa shape index (κ3) is 1.93. The van der Waals surface area contributed by atoms with Gasteiger partial charge in [0.2, 0.25) is 0 Å². The second-order valence-corrected chi connectivity index (χ2v) is 4.70. The van der Waals surface area contributed by atoms with E-state index >= 15 is 0 Å². The number of aliphatic hydroxyl groups is 2. The van der Waals surface area contributed by atoms with Crippen LogP contribution in [-0.4, -0.2) is 32.4 Å². The van der Waals surface area contributed by atoms with Crippen molar-refractivity contribution in [3.63, 3.8) is 0 Å². The average molecular weight is 271 g/mol. The Balaban J connectivity index is 2.11. The number of aliphatic hydroxyl groups excluding tert-OH is 2. The Morgan fingerprint density at radius 2 is 1.70 bits per heavy atom. The number of carbonyl (C=O) groups is 1. The summed E-state index contributed by atoms with van der Waals surface area (Å²) in [4.78, 5) is 13.9. The van der Waals surface area contributed by atoms with E-state index in [2.05, 4.69) is 4.98 Å². The Bertz CT molecular complexity index is 793. The number of para-hydroxylation sites is 1. The van der Waals surface area contributed by atoms with Crippen LogP contribution >= 0.6 is 0 Å². The largest absolute Gasteiger partial charge is 0.479 e. The third-order valence-corrected chi connectivity index (χ3v) is 3.42. The normalized spacial score (nSPS) is 14.5. The lowest BCUT2D eigenvalue weighted by molar-refractivity contribution is -0.153. The van der Waals surface area contributed by atoms with E-state index in [1.54, 1.807) is 18.2 Å². The molecule has 0 amide bonds. The van der Waals surface area contributed by atoms with E-state index in [0.717, 1.165) is 21.8 Å². The molecule has 2 atom stereocenters. The zero-order valence-corrected chi connectivity index (χ0v) is 10.4. The molecule has 4 N–H and O–H groups in total. The molecule has 0 aliphatic heterocycles. The van der Waals surface area contributed by atoms with Crippen LogP contribution in [0.25, 0.3) is 21.8 Å². The molecule has 0 aliphatic rings. The second-order valence-electron chi connectivity index (χ2n) is 4.70. The summed E-state index contributed by atoms with van der Waals surface area (Å²) in [7, 11) is 0. The lowest BCUT2D eigenvalue weighted by atomic mass is 10.0. The molecule has 0 saturated heterocycles. The van der Waals surface area contributed by atoms with Gasteiger partial charge < -0.3 is 20.3 Å². The molecule has 1 aromatic heterocycles. The highest BCUT2D eigenvalue weighted by Gasteiger charge is 2.25. The van der Waals surface area contributed by atoms with Crippen molar-refractivity contribution < 1.29 is 20.1 Å². The summed E-state index contributed by atoms with van der Waals surface area (Å²) in [6, 6.07) is 12.9. The standard InChI is InChI=1S/C15H13NO4/c17-13(14(18)15(19)20)8-5-6-10-9-3-1-2-4-11(9)16-12(10)7-8/h1-7,13-14,16-18H,(H,19,20). The van der Waals surface area contributed by atoms with Crippen molar-refractivity contribution in [3.05, 3.63) is 48.0 Å². The van der Waals surface area contributed by atoms with Gasteiger partial charge in [0.25, 0.3) is 0 Å². The highest BCUT2D eigenvalue weighted by atomic mass is 16.4. The van der Waals surface area contributed by atoms with Gasteiger partial charge in [0, 0.05) is 21.8 Å². The minimum absolute atomic E-state index is 0.360. The number of aromatic nitrogens is 1. The molecular formula is C15H13NO4. The number of benzene rings is 2. The van der Waals surface area contributed by atoms with Gasteiger partial charge in [-0.15, -0.1) is 0 Å². The molecule has 3 rings (SSSR count). The van der Waals surface area contributed by atoms with Crippen LogP contribution in [0.4, 0.5) is 0 Å². The lowest BCUT2D eigenvalue weighted by Gasteiger charge is -2.14. The molecule has 5 nitrogen and oxygen atoms in total. The topological polar surface area (TPSA) is 93.6 Å². The van der Waals surface area contributed by atoms with Crippen molar-refractivity contribution in [1.29, 1.82) is 0 Å². The predicted octanol–water partition coefficient (Wildman–Crippen LogP) is 1.80. The number of hydrogen-bond donors (Lipinski definition) is 4. The van der Waals surface area contributed by atoms with Gasteiger partial charge in [0.15, 0.2) is 6.10 Å². The minimum Gasteiger partial charge on any atom is -0.479 e. The molecule has 5 heteroatoms. The van der Waals surface area contributed by atoms with Gasteiger partial charge in [-0.3, -0.25) is 0 Å². The highest BCUT2D eigenvalue weighted by molar-refractivity contribution is 6.07. The van der Waals surface area contributed by atoms with Gasteiger partial charge in [0.1, 0.15) is 6.10 Å². The zero-order chi connectivity index (χ0) is 14.3. The first-order valence-electron chi connectivity index (χ1n) is 6.17. The number of carboxylic acid groups (broad SMARTS) is 1. The first-order valence-corrected chi connectivity index (χ1v) is 6.17. The summed E-state index contributed by atoms with van der Waals surface area (Å²) in [6.07, 6.45) is -3.29. The van der Waals surface area contributed by atoms with Gasteiger partial charge >= 0.3 is 5.97 Å². The maximum absolute atomic E-state index is 10.7. The Morgan fingerprint density at radius 3 is 2.45 bits per heavy atom. The third-order valence-electron chi connectivity index (χ3n) is 3.42. The van der Waals surface area contributed by atoms with E-state index in [4.69, 9.17) is 5.11 Å². The fraction of sp³-hybridized carbons (Fsp3) is 0.133. The van der Waals surface area contributed by atoms with Crippen molar-refractivity contribution >= 4 is 27.8 Å². The summed E-state index contributed by atoms with van der Waals surface area (Å²) in [5.74, 6) is -1.45. The van der Waals surface area contributed by atoms with E-state index in [1.807, 2.05) is 24.3 Å². The first-order chi connectivity index (χ1) is 9.58. The highest BCUT2D eigenvalue weighted by Crippen LogP contribution is 2.28. The lowest BCUT2D eigenvalue weighted by Crippen LogP contribution is -2.27. The van der Waals surface area contributed by atoms with Crippen LogP contribution in [0.3, 0.4) is 0 Å². The van der Waals surface area contributed by atoms with E-state index in [1.165, 1.54) is 0 Å². The summed E-state index contributed by atoms with van der Waals surface area (Å²) in [6.45, 7) is 0. The number of fused-ring (bicyclic) bond motifs is 3. The Morgan fingerprint density at radius 1 is 1.00 bits per heavy atom. The molecule has 0 aliphatic carbocycles. The molecule has 0 saturated carbocycles. The summed E-state index contributed by atoms with van der Waals surface area (Å²) >= 11 is 0. The Hall–Kier alpha value is -2.37. The van der Waals surface area contributed by atoms with Crippen LogP contribution in [0.5, 0.6) is 0 Å². The second kappa shape index (κ2) is 4.63. The molecule has 2 aromatic carbocycles. The van der Waals surface area contributed by atoms with Gasteiger partial charge in [-0.25, -0.2) is 4.79 Å². The molecule has 0 spiro atoms. The number of nitrogens with one attached hydrogen (secondary N) is 1. The number of rotatable bonds is 3. The fourth-order valence-electron chi connectivity index (χ4n) is 2.37. The number of H-pyrrole nitrogens is 1. The van der Waals surface area contributed by atoms with Crippen LogP contribution in [0.1, 0.15) is 11.7 Å². The van der Waals surface area contributed by atoms with Crippen molar-refractivity contribution in [2.75, 3.05) is 0 Å². The molecule has 3 aromatic rings. The number of hydrogen-bond acceptors (Lipinski definition) is 3. The van der Waals surface area contributed by atoms with Gasteiger partial charge in [-0.2, -0.15) is 0 Å². The van der Waals surface area contributed by atoms with Gasteiger partial charge in [-0.05, 0) is 17.7 Å². The first kappa shape index (κ1) is 12.7. The van der Waals surface area contributed by atoms with E-state index in [9.17, 15) is 15.0 Å². The van der Waals surface area contributed by atoms with Gasteiger partial charge in [-0.1, -0.05) is 30.3 Å². The molecule has 2 unspecified atom stereocenters. The summed E-state index contributed by atoms with van der Waals surface area (Å²) < 4.78 is 0. The van der Waals surface area contributed by atoms with Crippen LogP contribution in [0.15, 0.2) is 42.5 Å². The molecule has 1 heterocycles. The molecule has 102 valence electrons. The zero-order valence-electron chi connectivity index (χ0n) is 10.4. The van der Waals surface area contributed by atoms with Crippen LogP contribution in [0.2, 0.25) is 0 Å². The average Bonchev–Trinajstić information content (AvgIpc) is 2.83. The Labute approximate surface area is 114 Å². The van der Waals surface area contributed by atoms with Crippen LogP contribution in [-0.2, 0) is 4.79 Å². The van der Waals surface area contributed by atoms with Crippen molar-refractivity contribution in [2.45, 2.75) is 12.2 Å². The van der Waals surface area contributed by atoms with E-state index in [0.29, 0.717) is 5.56 Å². The molecule has 0 radical (unpaired) electrons. The maximum atomic E-state index is 10.7. The smallest absolute Gasteiger partial charge is 0.335 e. The number of aromatic amines is 1.